The summed E-state index contributed by atoms with van der Waals surface area (Å²) in [6, 6.07) is 14.7. The van der Waals surface area contributed by atoms with E-state index in [1.165, 1.54) is 28.6 Å². The Balaban J connectivity index is 1.62. The van der Waals surface area contributed by atoms with Crippen molar-refractivity contribution >= 4 is 33.7 Å². The van der Waals surface area contributed by atoms with Crippen LogP contribution in [0.4, 0.5) is 0 Å². The predicted octanol–water partition coefficient (Wildman–Crippen LogP) is 3.78. The molecular formula is C22H17N3O4S. The molecule has 0 bridgehead atoms. The maximum absolute atomic E-state index is 13.0. The minimum Gasteiger partial charge on any atom is -0.482 e. The van der Waals surface area contributed by atoms with Crippen LogP contribution in [0.15, 0.2) is 70.1 Å². The van der Waals surface area contributed by atoms with Gasteiger partial charge in [-0.05, 0) is 42.3 Å². The van der Waals surface area contributed by atoms with Crippen LogP contribution >= 0.6 is 11.3 Å². The summed E-state index contributed by atoms with van der Waals surface area (Å²) >= 11 is 1.43. The molecule has 1 N–H and O–H groups in total. The first-order valence-corrected chi connectivity index (χ1v) is 9.94. The lowest BCUT2D eigenvalue weighted by Crippen LogP contribution is -2.16. The van der Waals surface area contributed by atoms with Gasteiger partial charge < -0.3 is 9.84 Å². The highest BCUT2D eigenvalue weighted by Crippen LogP contribution is 2.30. The standard InChI is InChI=1S/C22H17N3O4S/c1-14-2-6-16(7-3-14)18-12-30-21-20(18)22(28)25(13-23-21)24-10-15-4-8-17(9-5-15)29-11-19(26)27/h2-10,12-13H,11H2,1H3,(H,26,27)/b24-10+. The van der Waals surface area contributed by atoms with Crippen molar-refractivity contribution < 1.29 is 14.6 Å². The SMILES string of the molecule is Cc1ccc(-c2csc3ncn(/N=C/c4ccc(OCC(=O)O)cc4)c(=O)c23)cc1. The van der Waals surface area contributed by atoms with E-state index >= 15 is 0 Å². The van der Waals surface area contributed by atoms with Gasteiger partial charge in [0.1, 0.15) is 16.9 Å². The number of aryl methyl sites for hydroxylation is 1. The van der Waals surface area contributed by atoms with Gasteiger partial charge in [0.05, 0.1) is 11.6 Å². The lowest BCUT2D eigenvalue weighted by Gasteiger charge is -2.03. The molecule has 0 aliphatic rings. The Morgan fingerprint density at radius 3 is 2.63 bits per heavy atom. The number of nitrogens with zero attached hydrogens (tertiary/aromatic N) is 3. The molecule has 0 saturated carbocycles. The third-order valence-electron chi connectivity index (χ3n) is 4.41. The van der Waals surface area contributed by atoms with Gasteiger partial charge >= 0.3 is 5.97 Å². The summed E-state index contributed by atoms with van der Waals surface area (Å²) in [5.41, 5.74) is 3.45. The zero-order chi connectivity index (χ0) is 21.1. The number of carboxylic acid groups (broad SMARTS) is 1. The Morgan fingerprint density at radius 1 is 1.20 bits per heavy atom. The number of aliphatic carboxylic acids is 1. The number of hydrogen-bond donors (Lipinski definition) is 1. The van der Waals surface area contributed by atoms with Crippen LogP contribution in [0, 0.1) is 6.92 Å². The van der Waals surface area contributed by atoms with Gasteiger partial charge in [-0.2, -0.15) is 9.78 Å². The molecule has 0 atom stereocenters. The fourth-order valence-electron chi connectivity index (χ4n) is 2.88. The molecule has 2 aromatic heterocycles. The van der Waals surface area contributed by atoms with Crippen molar-refractivity contribution in [1.82, 2.24) is 9.66 Å². The Hall–Kier alpha value is -3.78. The van der Waals surface area contributed by atoms with E-state index in [0.29, 0.717) is 16.0 Å². The molecule has 0 saturated heterocycles. The molecule has 2 heterocycles. The molecule has 0 amide bonds. The molecule has 0 spiro atoms. The number of benzene rings is 2. The Bertz CT molecular complexity index is 1290. The van der Waals surface area contributed by atoms with Crippen molar-refractivity contribution in [2.75, 3.05) is 6.61 Å². The lowest BCUT2D eigenvalue weighted by atomic mass is 10.1. The summed E-state index contributed by atoms with van der Waals surface area (Å²) in [6.07, 6.45) is 2.94. The first kappa shape index (κ1) is 19.5. The van der Waals surface area contributed by atoms with Crippen molar-refractivity contribution in [3.05, 3.63) is 81.7 Å². The van der Waals surface area contributed by atoms with Crippen molar-refractivity contribution in [3.8, 4) is 16.9 Å². The molecule has 0 fully saturated rings. The van der Waals surface area contributed by atoms with Gasteiger partial charge in [0.25, 0.3) is 5.56 Å². The molecule has 0 unspecified atom stereocenters. The normalized spacial score (nSPS) is 11.2. The van der Waals surface area contributed by atoms with Crippen LogP contribution in [0.3, 0.4) is 0 Å². The van der Waals surface area contributed by atoms with Crippen molar-refractivity contribution in [1.29, 1.82) is 0 Å². The number of ether oxygens (including phenoxy) is 1. The first-order chi connectivity index (χ1) is 14.5. The number of fused-ring (bicyclic) bond motifs is 1. The molecule has 4 aromatic rings. The summed E-state index contributed by atoms with van der Waals surface area (Å²) in [5, 5.41) is 15.4. The van der Waals surface area contributed by atoms with E-state index in [-0.39, 0.29) is 5.56 Å². The van der Waals surface area contributed by atoms with Crippen molar-refractivity contribution in [3.63, 3.8) is 0 Å². The quantitative estimate of drug-likeness (QED) is 0.480. The van der Waals surface area contributed by atoms with Crippen LogP contribution < -0.4 is 10.3 Å². The van der Waals surface area contributed by atoms with E-state index in [2.05, 4.69) is 10.1 Å². The number of aromatic nitrogens is 2. The van der Waals surface area contributed by atoms with E-state index in [0.717, 1.165) is 22.3 Å². The van der Waals surface area contributed by atoms with Gasteiger partial charge in [0.15, 0.2) is 6.61 Å². The zero-order valence-electron chi connectivity index (χ0n) is 16.0. The van der Waals surface area contributed by atoms with Gasteiger partial charge in [-0.15, -0.1) is 11.3 Å². The second kappa shape index (κ2) is 8.30. The van der Waals surface area contributed by atoms with Crippen LogP contribution in [0.2, 0.25) is 0 Å². The highest BCUT2D eigenvalue weighted by atomic mass is 32.1. The highest BCUT2D eigenvalue weighted by molar-refractivity contribution is 7.17. The average Bonchev–Trinajstić information content (AvgIpc) is 3.18. The largest absolute Gasteiger partial charge is 0.482 e. The van der Waals surface area contributed by atoms with E-state index in [1.807, 2.05) is 36.6 Å². The van der Waals surface area contributed by atoms with Crippen LogP contribution in [-0.2, 0) is 4.79 Å². The molecule has 150 valence electrons. The summed E-state index contributed by atoms with van der Waals surface area (Å²) in [5.74, 6) is -0.600. The maximum atomic E-state index is 13.0. The summed E-state index contributed by atoms with van der Waals surface area (Å²) in [6.45, 7) is 1.61. The van der Waals surface area contributed by atoms with E-state index in [9.17, 15) is 9.59 Å². The molecule has 7 nitrogen and oxygen atoms in total. The first-order valence-electron chi connectivity index (χ1n) is 9.06. The number of carboxylic acids is 1. The molecule has 8 heteroatoms. The predicted molar refractivity (Wildman–Crippen MR) is 117 cm³/mol. The third kappa shape index (κ3) is 4.13. The maximum Gasteiger partial charge on any atom is 0.341 e. The fourth-order valence-corrected chi connectivity index (χ4v) is 3.78. The van der Waals surface area contributed by atoms with E-state index in [4.69, 9.17) is 9.84 Å². The smallest absolute Gasteiger partial charge is 0.341 e. The molecular weight excluding hydrogens is 402 g/mol. The number of rotatable bonds is 6. The van der Waals surface area contributed by atoms with Crippen LogP contribution in [0.25, 0.3) is 21.3 Å². The van der Waals surface area contributed by atoms with Gasteiger partial charge in [-0.1, -0.05) is 29.8 Å². The van der Waals surface area contributed by atoms with Gasteiger partial charge in [-0.3, -0.25) is 4.79 Å². The molecule has 4 rings (SSSR count). The highest BCUT2D eigenvalue weighted by Gasteiger charge is 2.13. The Morgan fingerprint density at radius 2 is 1.93 bits per heavy atom. The van der Waals surface area contributed by atoms with Gasteiger partial charge in [0.2, 0.25) is 0 Å². The van der Waals surface area contributed by atoms with Crippen LogP contribution in [0.1, 0.15) is 11.1 Å². The fraction of sp³-hybridized carbons (Fsp3) is 0.0909. The van der Waals surface area contributed by atoms with E-state index < -0.39 is 12.6 Å². The summed E-state index contributed by atoms with van der Waals surface area (Å²) in [4.78, 5) is 28.6. The lowest BCUT2D eigenvalue weighted by molar-refractivity contribution is -0.139. The molecule has 0 aliphatic heterocycles. The van der Waals surface area contributed by atoms with Crippen LogP contribution in [-0.4, -0.2) is 33.6 Å². The number of hydrogen-bond acceptors (Lipinski definition) is 6. The van der Waals surface area contributed by atoms with Gasteiger partial charge in [-0.25, -0.2) is 9.78 Å². The monoisotopic (exact) mass is 419 g/mol. The molecule has 2 aromatic carbocycles. The van der Waals surface area contributed by atoms with Crippen LogP contribution in [0.5, 0.6) is 5.75 Å². The van der Waals surface area contributed by atoms with Crippen molar-refractivity contribution in [2.45, 2.75) is 6.92 Å². The molecule has 30 heavy (non-hydrogen) atoms. The minimum absolute atomic E-state index is 0.241. The molecule has 0 radical (unpaired) electrons. The third-order valence-corrected chi connectivity index (χ3v) is 5.30. The average molecular weight is 419 g/mol. The second-order valence-electron chi connectivity index (χ2n) is 6.59. The van der Waals surface area contributed by atoms with E-state index in [1.54, 1.807) is 24.3 Å². The second-order valence-corrected chi connectivity index (χ2v) is 7.44. The number of thiophene rings is 1. The molecule has 0 aliphatic carbocycles. The number of carbonyl (C=O) groups is 1. The Kier molecular flexibility index (Phi) is 5.40. The summed E-state index contributed by atoms with van der Waals surface area (Å²) in [7, 11) is 0. The zero-order valence-corrected chi connectivity index (χ0v) is 16.8. The minimum atomic E-state index is -1.04. The van der Waals surface area contributed by atoms with Crippen molar-refractivity contribution in [2.24, 2.45) is 5.10 Å². The van der Waals surface area contributed by atoms with Gasteiger partial charge in [0, 0.05) is 10.9 Å². The summed E-state index contributed by atoms with van der Waals surface area (Å²) < 4.78 is 6.31. The topological polar surface area (TPSA) is 93.8 Å². The Labute approximate surface area is 175 Å².